The van der Waals surface area contributed by atoms with Crippen LogP contribution in [0.25, 0.3) is 0 Å². The molecule has 82 valence electrons. The van der Waals surface area contributed by atoms with Crippen molar-refractivity contribution in [3.05, 3.63) is 35.5 Å². The Morgan fingerprint density at radius 2 is 1.80 bits per heavy atom. The molecule has 0 aliphatic carbocycles. The summed E-state index contributed by atoms with van der Waals surface area (Å²) in [7, 11) is -3.48. The van der Waals surface area contributed by atoms with Crippen molar-refractivity contribution in [2.75, 3.05) is 19.8 Å². The molecule has 0 spiro atoms. The molecule has 0 saturated carbocycles. The average Bonchev–Trinajstić information content (AvgIpc) is 2.67. The van der Waals surface area contributed by atoms with Gasteiger partial charge >= 0.3 is 0 Å². The minimum atomic E-state index is -3.48. The molecule has 2 rings (SSSR count). The maximum atomic E-state index is 11.9. The summed E-state index contributed by atoms with van der Waals surface area (Å²) in [5, 5.41) is 11.7. The van der Waals surface area contributed by atoms with Gasteiger partial charge in [-0.25, -0.2) is 8.42 Å². The van der Waals surface area contributed by atoms with Crippen molar-refractivity contribution in [1.82, 2.24) is 9.37 Å². The maximum absolute atomic E-state index is 11.9. The first kappa shape index (κ1) is 10.6. The molecule has 0 unspecified atom stereocenters. The van der Waals surface area contributed by atoms with Crippen molar-refractivity contribution in [1.29, 1.82) is 0 Å². The lowest BCUT2D eigenvalue weighted by molar-refractivity contribution is 0.393. The predicted molar refractivity (Wildman–Crippen MR) is 55.3 cm³/mol. The van der Waals surface area contributed by atoms with Crippen LogP contribution in [0.2, 0.25) is 0 Å². The van der Waals surface area contributed by atoms with E-state index < -0.39 is 10.0 Å². The zero-order valence-electron chi connectivity index (χ0n) is 8.04. The molecule has 0 bridgehead atoms. The second-order valence-corrected chi connectivity index (χ2v) is 5.28. The molecule has 5 nitrogen and oxygen atoms in total. The summed E-state index contributed by atoms with van der Waals surface area (Å²) >= 11 is 0. The Labute approximate surface area is 88.5 Å². The van der Waals surface area contributed by atoms with Crippen molar-refractivity contribution in [2.24, 2.45) is 0 Å². The number of benzene rings is 1. The molecule has 0 N–H and O–H groups in total. The number of nitrogens with zero attached hydrogens (tertiary/aromatic N) is 2. The van der Waals surface area contributed by atoms with Crippen LogP contribution >= 0.6 is 0 Å². The third kappa shape index (κ3) is 2.03. The van der Waals surface area contributed by atoms with Gasteiger partial charge in [-0.2, -0.15) is 4.31 Å². The van der Waals surface area contributed by atoms with Gasteiger partial charge in [-0.15, -0.1) is 0 Å². The monoisotopic (exact) mass is 227 g/mol. The van der Waals surface area contributed by atoms with Crippen LogP contribution in [0.15, 0.2) is 35.2 Å². The molecule has 1 aromatic rings. The first-order chi connectivity index (χ1) is 7.10. The van der Waals surface area contributed by atoms with Crippen LogP contribution in [-0.2, 0) is 10.0 Å². The van der Waals surface area contributed by atoms with E-state index in [9.17, 15) is 13.6 Å². The van der Waals surface area contributed by atoms with Gasteiger partial charge < -0.3 is 10.3 Å². The second-order valence-electron chi connectivity index (χ2n) is 3.34. The van der Waals surface area contributed by atoms with E-state index >= 15 is 0 Å². The number of hydroxylamine groups is 2. The van der Waals surface area contributed by atoms with E-state index in [-0.39, 0.29) is 24.7 Å². The molecule has 0 atom stereocenters. The van der Waals surface area contributed by atoms with Crippen LogP contribution in [0, 0.1) is 5.21 Å². The van der Waals surface area contributed by atoms with Crippen molar-refractivity contribution >= 4 is 10.0 Å². The molecule has 0 aromatic heterocycles. The zero-order chi connectivity index (χ0) is 10.9. The molecule has 1 fully saturated rings. The summed E-state index contributed by atoms with van der Waals surface area (Å²) in [6.45, 7) is 0.435. The van der Waals surface area contributed by atoms with E-state index in [4.69, 9.17) is 0 Å². The molecule has 1 aliphatic rings. The summed E-state index contributed by atoms with van der Waals surface area (Å²) in [5.74, 6) is 0. The maximum Gasteiger partial charge on any atom is 0.244 e. The van der Waals surface area contributed by atoms with E-state index in [0.29, 0.717) is 0 Å². The minimum absolute atomic E-state index is 0.0722. The standard InChI is InChI=1S/C9H11N2O3S/c12-10-6-7-11(8-10)15(13,14)9-4-2-1-3-5-9/h1-5H,6-8H2/q-1. The first-order valence-corrected chi connectivity index (χ1v) is 6.02. The van der Waals surface area contributed by atoms with Crippen LogP contribution in [0.4, 0.5) is 0 Å². The SMILES string of the molecule is O=S(=O)(c1ccccc1)N1CCN([O-])C1. The van der Waals surface area contributed by atoms with Gasteiger partial charge in [0, 0.05) is 13.1 Å². The number of hydrogen-bond donors (Lipinski definition) is 0. The fraction of sp³-hybridized carbons (Fsp3) is 0.333. The largest absolute Gasteiger partial charge is 0.784 e. The molecular weight excluding hydrogens is 216 g/mol. The molecule has 1 saturated heterocycles. The van der Waals surface area contributed by atoms with E-state index in [2.05, 4.69) is 0 Å². The highest BCUT2D eigenvalue weighted by Crippen LogP contribution is 2.17. The van der Waals surface area contributed by atoms with Crippen LogP contribution in [0.5, 0.6) is 0 Å². The van der Waals surface area contributed by atoms with Crippen LogP contribution in [0.3, 0.4) is 0 Å². The summed E-state index contributed by atoms with van der Waals surface area (Å²) in [5.41, 5.74) is 0. The lowest BCUT2D eigenvalue weighted by atomic mass is 10.4. The quantitative estimate of drug-likeness (QED) is 0.735. The fourth-order valence-corrected chi connectivity index (χ4v) is 2.88. The summed E-state index contributed by atoms with van der Waals surface area (Å²) in [6.07, 6.45) is 0. The van der Waals surface area contributed by atoms with E-state index in [1.165, 1.54) is 16.4 Å². The van der Waals surface area contributed by atoms with Crippen LogP contribution in [-0.4, -0.2) is 37.5 Å². The molecule has 15 heavy (non-hydrogen) atoms. The Morgan fingerprint density at radius 1 is 1.13 bits per heavy atom. The summed E-state index contributed by atoms with van der Waals surface area (Å²) < 4.78 is 25.1. The molecule has 1 heterocycles. The van der Waals surface area contributed by atoms with Gasteiger partial charge in [0.1, 0.15) is 0 Å². The van der Waals surface area contributed by atoms with Crippen molar-refractivity contribution < 1.29 is 8.42 Å². The van der Waals surface area contributed by atoms with Gasteiger partial charge in [0.05, 0.1) is 11.6 Å². The molecule has 1 aliphatic heterocycles. The lowest BCUT2D eigenvalue weighted by Gasteiger charge is -2.21. The highest BCUT2D eigenvalue weighted by atomic mass is 32.2. The van der Waals surface area contributed by atoms with Gasteiger partial charge in [0.2, 0.25) is 10.0 Å². The molecule has 0 amide bonds. The second kappa shape index (κ2) is 3.90. The Hall–Kier alpha value is -0.950. The predicted octanol–water partition coefficient (Wildman–Crippen LogP) is 0.448. The number of sulfonamides is 1. The third-order valence-electron chi connectivity index (χ3n) is 2.30. The molecule has 1 aromatic carbocycles. The van der Waals surface area contributed by atoms with Gasteiger partial charge in [0.15, 0.2) is 0 Å². The minimum Gasteiger partial charge on any atom is -0.784 e. The topological polar surface area (TPSA) is 63.7 Å². The zero-order valence-corrected chi connectivity index (χ0v) is 8.85. The normalized spacial score (nSPS) is 19.5. The number of rotatable bonds is 2. The highest BCUT2D eigenvalue weighted by Gasteiger charge is 2.27. The van der Waals surface area contributed by atoms with Crippen LogP contribution in [0.1, 0.15) is 0 Å². The van der Waals surface area contributed by atoms with Crippen molar-refractivity contribution in [3.63, 3.8) is 0 Å². The third-order valence-corrected chi connectivity index (χ3v) is 4.14. The lowest BCUT2D eigenvalue weighted by Crippen LogP contribution is -2.29. The Balaban J connectivity index is 2.28. The Kier molecular flexibility index (Phi) is 2.74. The molecule has 0 radical (unpaired) electrons. The Morgan fingerprint density at radius 3 is 2.33 bits per heavy atom. The van der Waals surface area contributed by atoms with E-state index in [1.54, 1.807) is 18.2 Å². The smallest absolute Gasteiger partial charge is 0.244 e. The van der Waals surface area contributed by atoms with Gasteiger partial charge in [-0.3, -0.25) is 0 Å². The van der Waals surface area contributed by atoms with Crippen molar-refractivity contribution in [3.8, 4) is 0 Å². The fourth-order valence-electron chi connectivity index (χ4n) is 1.48. The summed E-state index contributed by atoms with van der Waals surface area (Å²) in [4.78, 5) is 0.236. The average molecular weight is 227 g/mol. The van der Waals surface area contributed by atoms with Gasteiger partial charge in [-0.05, 0) is 12.1 Å². The van der Waals surface area contributed by atoms with Crippen molar-refractivity contribution in [2.45, 2.75) is 4.90 Å². The molecule has 6 heteroatoms. The van der Waals surface area contributed by atoms with Crippen LogP contribution < -0.4 is 0 Å². The Bertz CT molecular complexity index is 432. The molecular formula is C9H11N2O3S-. The number of hydrogen-bond acceptors (Lipinski definition) is 4. The van der Waals surface area contributed by atoms with E-state index in [1.807, 2.05) is 0 Å². The van der Waals surface area contributed by atoms with Gasteiger partial charge in [0.25, 0.3) is 0 Å². The summed E-state index contributed by atoms with van der Waals surface area (Å²) in [6, 6.07) is 8.14. The van der Waals surface area contributed by atoms with Gasteiger partial charge in [-0.1, -0.05) is 18.2 Å². The highest BCUT2D eigenvalue weighted by molar-refractivity contribution is 7.89. The van der Waals surface area contributed by atoms with E-state index in [0.717, 1.165) is 5.06 Å². The first-order valence-electron chi connectivity index (χ1n) is 4.58.